The molecule has 0 spiro atoms. The zero-order valence-corrected chi connectivity index (χ0v) is 19.2. The number of hydrogen-bond donors (Lipinski definition) is 3. The maximum Gasteiger partial charge on any atom is 0.191 e. The lowest BCUT2D eigenvalue weighted by Gasteiger charge is -2.21. The van der Waals surface area contributed by atoms with Crippen LogP contribution in [0.25, 0.3) is 0 Å². The number of ether oxygens (including phenoxy) is 2. The molecule has 3 N–H and O–H groups in total. The molecule has 0 bridgehead atoms. The number of rotatable bonds is 8. The number of hydrogen-bond acceptors (Lipinski definition) is 4. The van der Waals surface area contributed by atoms with E-state index < -0.39 is 0 Å². The molecule has 0 aliphatic heterocycles. The third-order valence-corrected chi connectivity index (χ3v) is 4.35. The normalized spacial score (nSPS) is 11.9. The SMILES string of the molecule is CN=C(NCCCc1ccc(O)cc1)NC(C)c1cc(OC)ccc1OC.I. The number of nitrogens with one attached hydrogen (secondary N) is 2. The lowest BCUT2D eigenvalue weighted by atomic mass is 10.1. The van der Waals surface area contributed by atoms with Gasteiger partial charge >= 0.3 is 0 Å². The van der Waals surface area contributed by atoms with Gasteiger partial charge in [-0.3, -0.25) is 4.99 Å². The van der Waals surface area contributed by atoms with E-state index in [4.69, 9.17) is 9.47 Å². The highest BCUT2D eigenvalue weighted by atomic mass is 127. The fourth-order valence-corrected chi connectivity index (χ4v) is 2.82. The van der Waals surface area contributed by atoms with Crippen molar-refractivity contribution in [2.24, 2.45) is 4.99 Å². The number of aromatic hydroxyl groups is 1. The minimum absolute atomic E-state index is 0. The molecule has 1 atom stereocenters. The predicted molar refractivity (Wildman–Crippen MR) is 124 cm³/mol. The van der Waals surface area contributed by atoms with E-state index in [9.17, 15) is 5.11 Å². The second-order valence-electron chi connectivity index (χ2n) is 6.24. The highest BCUT2D eigenvalue weighted by Crippen LogP contribution is 2.29. The molecule has 2 rings (SSSR count). The second-order valence-corrected chi connectivity index (χ2v) is 6.24. The molecule has 0 saturated heterocycles. The summed E-state index contributed by atoms with van der Waals surface area (Å²) in [4.78, 5) is 4.30. The van der Waals surface area contributed by atoms with E-state index in [1.54, 1.807) is 33.4 Å². The standard InChI is InChI=1S/C21H29N3O3.HI/c1-15(19-14-18(26-3)11-12-20(19)27-4)24-21(22-2)23-13-5-6-16-7-9-17(25)10-8-16;/h7-12,14-15,25H,5-6,13H2,1-4H3,(H2,22,23,24);1H. The third-order valence-electron chi connectivity index (χ3n) is 4.35. The first kappa shape index (κ1) is 23.9. The van der Waals surface area contributed by atoms with Gasteiger partial charge in [0.1, 0.15) is 17.2 Å². The first-order valence-electron chi connectivity index (χ1n) is 9.04. The first-order chi connectivity index (χ1) is 13.1. The summed E-state index contributed by atoms with van der Waals surface area (Å²) >= 11 is 0. The lowest BCUT2D eigenvalue weighted by molar-refractivity contribution is 0.394. The first-order valence-corrected chi connectivity index (χ1v) is 9.04. The van der Waals surface area contributed by atoms with Crippen LogP contribution in [-0.2, 0) is 6.42 Å². The average Bonchev–Trinajstić information content (AvgIpc) is 2.70. The molecule has 0 fully saturated rings. The number of halogens is 1. The highest BCUT2D eigenvalue weighted by Gasteiger charge is 2.14. The number of aliphatic imine (C=N–C) groups is 1. The van der Waals surface area contributed by atoms with Crippen molar-refractivity contribution in [3.63, 3.8) is 0 Å². The van der Waals surface area contributed by atoms with Crippen molar-refractivity contribution in [2.75, 3.05) is 27.8 Å². The van der Waals surface area contributed by atoms with E-state index in [-0.39, 0.29) is 30.0 Å². The van der Waals surface area contributed by atoms with Gasteiger partial charge in [0.15, 0.2) is 5.96 Å². The maximum atomic E-state index is 9.33. The highest BCUT2D eigenvalue weighted by molar-refractivity contribution is 14.0. The molecular formula is C21H30IN3O3. The van der Waals surface area contributed by atoms with Crippen LogP contribution in [0.1, 0.15) is 30.5 Å². The van der Waals surface area contributed by atoms with Gasteiger partial charge in [0, 0.05) is 19.2 Å². The van der Waals surface area contributed by atoms with Crippen LogP contribution >= 0.6 is 24.0 Å². The van der Waals surface area contributed by atoms with Crippen LogP contribution in [0.15, 0.2) is 47.5 Å². The van der Waals surface area contributed by atoms with Gasteiger partial charge in [-0.1, -0.05) is 12.1 Å². The molecule has 6 nitrogen and oxygen atoms in total. The molecule has 0 aliphatic carbocycles. The van der Waals surface area contributed by atoms with Crippen molar-refractivity contribution in [1.82, 2.24) is 10.6 Å². The summed E-state index contributed by atoms with van der Waals surface area (Å²) in [5, 5.41) is 16.0. The quantitative estimate of drug-likeness (QED) is 0.223. The molecular weight excluding hydrogens is 469 g/mol. The van der Waals surface area contributed by atoms with Crippen molar-refractivity contribution < 1.29 is 14.6 Å². The summed E-state index contributed by atoms with van der Waals surface area (Å²) < 4.78 is 10.8. The summed E-state index contributed by atoms with van der Waals surface area (Å²) in [5.41, 5.74) is 2.20. The summed E-state index contributed by atoms with van der Waals surface area (Å²) in [5.74, 6) is 2.62. The molecule has 28 heavy (non-hydrogen) atoms. The van der Waals surface area contributed by atoms with Crippen LogP contribution in [-0.4, -0.2) is 38.9 Å². The average molecular weight is 499 g/mol. The number of phenolic OH excluding ortho intramolecular Hbond substituents is 1. The van der Waals surface area contributed by atoms with Gasteiger partial charge in [-0.15, -0.1) is 24.0 Å². The lowest BCUT2D eigenvalue weighted by Crippen LogP contribution is -2.39. The van der Waals surface area contributed by atoms with Gasteiger partial charge < -0.3 is 25.2 Å². The number of aryl methyl sites for hydroxylation is 1. The topological polar surface area (TPSA) is 75.1 Å². The van der Waals surface area contributed by atoms with E-state index in [1.165, 1.54) is 5.56 Å². The molecule has 0 radical (unpaired) electrons. The summed E-state index contributed by atoms with van der Waals surface area (Å²) in [6, 6.07) is 13.1. The van der Waals surface area contributed by atoms with Crippen LogP contribution in [0.2, 0.25) is 0 Å². The van der Waals surface area contributed by atoms with Gasteiger partial charge in [0.05, 0.1) is 20.3 Å². The minimum Gasteiger partial charge on any atom is -0.508 e. The Labute approximate surface area is 184 Å². The van der Waals surface area contributed by atoms with Crippen LogP contribution in [0, 0.1) is 0 Å². The Morgan fingerprint density at radius 1 is 1.11 bits per heavy atom. The van der Waals surface area contributed by atoms with Crippen molar-refractivity contribution in [3.05, 3.63) is 53.6 Å². The second kappa shape index (κ2) is 12.3. The molecule has 1 unspecified atom stereocenters. The van der Waals surface area contributed by atoms with E-state index >= 15 is 0 Å². The van der Waals surface area contributed by atoms with Gasteiger partial charge in [-0.2, -0.15) is 0 Å². The van der Waals surface area contributed by atoms with E-state index in [1.807, 2.05) is 30.3 Å². The van der Waals surface area contributed by atoms with Crippen LogP contribution in [0.4, 0.5) is 0 Å². The zero-order valence-electron chi connectivity index (χ0n) is 16.9. The number of benzene rings is 2. The largest absolute Gasteiger partial charge is 0.508 e. The molecule has 0 saturated carbocycles. The molecule has 0 amide bonds. The van der Waals surface area contributed by atoms with E-state index in [0.29, 0.717) is 5.75 Å². The fraction of sp³-hybridized carbons (Fsp3) is 0.381. The van der Waals surface area contributed by atoms with Crippen LogP contribution in [0.5, 0.6) is 17.2 Å². The van der Waals surface area contributed by atoms with E-state index in [2.05, 4.69) is 22.5 Å². The van der Waals surface area contributed by atoms with Gasteiger partial charge in [0.25, 0.3) is 0 Å². The van der Waals surface area contributed by atoms with Gasteiger partial charge in [-0.25, -0.2) is 0 Å². The Balaban J connectivity index is 0.00000392. The predicted octanol–water partition coefficient (Wildman–Crippen LogP) is 3.89. The summed E-state index contributed by atoms with van der Waals surface area (Å²) in [6.45, 7) is 2.85. The Bertz CT molecular complexity index is 751. The number of methoxy groups -OCH3 is 2. The number of phenols is 1. The molecule has 0 aliphatic rings. The fourth-order valence-electron chi connectivity index (χ4n) is 2.82. The number of guanidine groups is 1. The van der Waals surface area contributed by atoms with Crippen LogP contribution < -0.4 is 20.1 Å². The molecule has 7 heteroatoms. The summed E-state index contributed by atoms with van der Waals surface area (Å²) in [7, 11) is 5.07. The van der Waals surface area contributed by atoms with Crippen molar-refractivity contribution in [2.45, 2.75) is 25.8 Å². The Kier molecular flexibility index (Phi) is 10.5. The maximum absolute atomic E-state index is 9.33. The van der Waals surface area contributed by atoms with Crippen molar-refractivity contribution >= 4 is 29.9 Å². The van der Waals surface area contributed by atoms with Crippen LogP contribution in [0.3, 0.4) is 0 Å². The van der Waals surface area contributed by atoms with Gasteiger partial charge in [0.2, 0.25) is 0 Å². The Morgan fingerprint density at radius 2 is 1.82 bits per heavy atom. The smallest absolute Gasteiger partial charge is 0.191 e. The molecule has 0 aromatic heterocycles. The van der Waals surface area contributed by atoms with Crippen molar-refractivity contribution in [3.8, 4) is 17.2 Å². The van der Waals surface area contributed by atoms with E-state index in [0.717, 1.165) is 42.4 Å². The Morgan fingerprint density at radius 3 is 2.43 bits per heavy atom. The monoisotopic (exact) mass is 499 g/mol. The summed E-state index contributed by atoms with van der Waals surface area (Å²) in [6.07, 6.45) is 1.89. The molecule has 0 heterocycles. The molecule has 154 valence electrons. The zero-order chi connectivity index (χ0) is 19.6. The minimum atomic E-state index is -0.00153. The molecule has 2 aromatic carbocycles. The van der Waals surface area contributed by atoms with Gasteiger partial charge in [-0.05, 0) is 55.7 Å². The Hall–Kier alpha value is -2.16. The third kappa shape index (κ3) is 7.10. The van der Waals surface area contributed by atoms with Crippen molar-refractivity contribution in [1.29, 1.82) is 0 Å². The number of nitrogens with zero attached hydrogens (tertiary/aromatic N) is 1. The molecule has 2 aromatic rings.